The van der Waals surface area contributed by atoms with E-state index in [0.29, 0.717) is 29.2 Å². The maximum absolute atomic E-state index is 12.2. The highest BCUT2D eigenvalue weighted by Crippen LogP contribution is 2.26. The van der Waals surface area contributed by atoms with Gasteiger partial charge in [0.1, 0.15) is 6.54 Å². The minimum atomic E-state index is -0.596. The summed E-state index contributed by atoms with van der Waals surface area (Å²) in [5.41, 5.74) is 0.979. The number of oxazole rings is 1. The van der Waals surface area contributed by atoms with E-state index < -0.39 is 11.7 Å². The van der Waals surface area contributed by atoms with Crippen LogP contribution in [0.3, 0.4) is 0 Å². The van der Waals surface area contributed by atoms with Crippen molar-refractivity contribution in [1.82, 2.24) is 4.57 Å². The molecule has 118 valence electrons. The zero-order valence-corrected chi connectivity index (χ0v) is 12.5. The summed E-state index contributed by atoms with van der Waals surface area (Å²) >= 11 is 0. The second-order valence-corrected chi connectivity index (χ2v) is 4.78. The van der Waals surface area contributed by atoms with E-state index in [-0.39, 0.29) is 6.54 Å². The van der Waals surface area contributed by atoms with E-state index in [9.17, 15) is 9.59 Å². The van der Waals surface area contributed by atoms with Crippen LogP contribution in [0.25, 0.3) is 11.1 Å². The van der Waals surface area contributed by atoms with Crippen LogP contribution in [0.5, 0.6) is 11.5 Å². The Hall–Kier alpha value is -3.02. The van der Waals surface area contributed by atoms with Crippen molar-refractivity contribution in [1.29, 1.82) is 0 Å². The molecule has 0 atom stereocenters. The molecule has 0 amide bonds. The molecule has 0 aliphatic heterocycles. The van der Waals surface area contributed by atoms with Crippen molar-refractivity contribution in [2.45, 2.75) is 13.5 Å². The van der Waals surface area contributed by atoms with Gasteiger partial charge in [-0.25, -0.2) is 9.59 Å². The van der Waals surface area contributed by atoms with Gasteiger partial charge in [0, 0.05) is 0 Å². The molecule has 6 nitrogen and oxygen atoms in total. The molecule has 3 aromatic rings. The van der Waals surface area contributed by atoms with Crippen molar-refractivity contribution in [3.63, 3.8) is 0 Å². The number of hydrogen-bond acceptors (Lipinski definition) is 5. The van der Waals surface area contributed by atoms with Crippen molar-refractivity contribution in [2.24, 2.45) is 0 Å². The van der Waals surface area contributed by atoms with Crippen LogP contribution in [-0.2, 0) is 11.3 Å². The zero-order chi connectivity index (χ0) is 16.2. The van der Waals surface area contributed by atoms with Gasteiger partial charge in [-0.2, -0.15) is 0 Å². The molecular weight excluding hydrogens is 298 g/mol. The monoisotopic (exact) mass is 313 g/mol. The summed E-state index contributed by atoms with van der Waals surface area (Å²) in [6, 6.07) is 13.8. The van der Waals surface area contributed by atoms with Crippen LogP contribution in [-0.4, -0.2) is 17.1 Å². The lowest BCUT2D eigenvalue weighted by Gasteiger charge is -2.10. The molecule has 2 aromatic carbocycles. The third-order valence-electron chi connectivity index (χ3n) is 3.23. The molecule has 0 bridgehead atoms. The number of rotatable bonds is 5. The van der Waals surface area contributed by atoms with E-state index in [0.717, 1.165) is 0 Å². The Labute approximate surface area is 131 Å². The van der Waals surface area contributed by atoms with Crippen LogP contribution in [0.2, 0.25) is 0 Å². The highest BCUT2D eigenvalue weighted by Gasteiger charge is 2.15. The largest absolute Gasteiger partial charge is 0.490 e. The van der Waals surface area contributed by atoms with E-state index in [2.05, 4.69) is 0 Å². The molecule has 1 aromatic heterocycles. The number of aromatic nitrogens is 1. The zero-order valence-electron chi connectivity index (χ0n) is 12.5. The Morgan fingerprint density at radius 1 is 1.09 bits per heavy atom. The number of nitrogens with zero attached hydrogens (tertiary/aromatic N) is 1. The summed E-state index contributed by atoms with van der Waals surface area (Å²) in [5.74, 6) is -0.375. The topological polar surface area (TPSA) is 70.7 Å². The fourth-order valence-corrected chi connectivity index (χ4v) is 2.26. The number of para-hydroxylation sites is 4. The second-order valence-electron chi connectivity index (χ2n) is 4.78. The highest BCUT2D eigenvalue weighted by molar-refractivity contribution is 5.77. The fraction of sp³-hybridized carbons (Fsp3) is 0.176. The van der Waals surface area contributed by atoms with Crippen molar-refractivity contribution in [2.75, 3.05) is 6.61 Å². The molecule has 6 heteroatoms. The Kier molecular flexibility index (Phi) is 4.14. The lowest BCUT2D eigenvalue weighted by atomic mass is 10.3. The van der Waals surface area contributed by atoms with Crippen molar-refractivity contribution in [3.05, 3.63) is 59.1 Å². The van der Waals surface area contributed by atoms with Crippen LogP contribution in [0.1, 0.15) is 6.92 Å². The summed E-state index contributed by atoms with van der Waals surface area (Å²) in [7, 11) is 0. The van der Waals surface area contributed by atoms with Crippen molar-refractivity contribution >= 4 is 17.1 Å². The number of carbonyl (C=O) groups is 1. The predicted molar refractivity (Wildman–Crippen MR) is 83.7 cm³/mol. The smallest absolute Gasteiger partial charge is 0.420 e. The molecule has 3 rings (SSSR count). The van der Waals surface area contributed by atoms with Crippen LogP contribution < -0.4 is 15.2 Å². The van der Waals surface area contributed by atoms with Crippen LogP contribution in [0.4, 0.5) is 0 Å². The third-order valence-corrected chi connectivity index (χ3v) is 3.23. The number of carbonyl (C=O) groups excluding carboxylic acids is 1. The fourth-order valence-electron chi connectivity index (χ4n) is 2.26. The van der Waals surface area contributed by atoms with Crippen molar-refractivity contribution in [3.8, 4) is 11.5 Å². The Morgan fingerprint density at radius 3 is 2.57 bits per heavy atom. The second kappa shape index (κ2) is 6.39. The lowest BCUT2D eigenvalue weighted by Crippen LogP contribution is -2.23. The van der Waals surface area contributed by atoms with Crippen molar-refractivity contribution < 1.29 is 18.7 Å². The summed E-state index contributed by atoms with van der Waals surface area (Å²) in [6.07, 6.45) is 0. The molecule has 0 fully saturated rings. The molecule has 0 radical (unpaired) electrons. The first kappa shape index (κ1) is 14.9. The lowest BCUT2D eigenvalue weighted by molar-refractivity contribution is -0.135. The normalized spacial score (nSPS) is 10.7. The maximum atomic E-state index is 12.2. The molecule has 0 saturated carbocycles. The first-order valence-electron chi connectivity index (χ1n) is 7.20. The number of benzene rings is 2. The van der Waals surface area contributed by atoms with Gasteiger partial charge in [-0.1, -0.05) is 24.3 Å². The van der Waals surface area contributed by atoms with Gasteiger partial charge < -0.3 is 13.9 Å². The standard InChI is InChI=1S/C17H15NO5/c1-2-21-14-9-5-6-10-15(14)22-16(19)11-18-12-7-3-4-8-13(12)23-17(18)20/h3-10H,2,11H2,1H3. The van der Waals surface area contributed by atoms with Gasteiger partial charge in [0.05, 0.1) is 12.1 Å². The summed E-state index contributed by atoms with van der Waals surface area (Å²) in [4.78, 5) is 24.0. The van der Waals surface area contributed by atoms with Gasteiger partial charge in [0.25, 0.3) is 0 Å². The average molecular weight is 313 g/mol. The quantitative estimate of drug-likeness (QED) is 0.535. The molecule has 0 unspecified atom stereocenters. The third kappa shape index (κ3) is 3.11. The van der Waals surface area contributed by atoms with Gasteiger partial charge in [0.2, 0.25) is 0 Å². The van der Waals surface area contributed by atoms with E-state index in [1.807, 2.05) is 6.92 Å². The average Bonchev–Trinajstić information content (AvgIpc) is 2.85. The molecule has 0 aliphatic rings. The van der Waals surface area contributed by atoms with E-state index in [1.165, 1.54) is 4.57 Å². The SMILES string of the molecule is CCOc1ccccc1OC(=O)Cn1c(=O)oc2ccccc21. The molecule has 0 saturated heterocycles. The minimum absolute atomic E-state index is 0.240. The van der Waals surface area contributed by atoms with E-state index >= 15 is 0 Å². The summed E-state index contributed by atoms with van der Waals surface area (Å²) < 4.78 is 17.0. The van der Waals surface area contributed by atoms with Crippen LogP contribution in [0.15, 0.2) is 57.7 Å². The van der Waals surface area contributed by atoms with Gasteiger partial charge in [-0.15, -0.1) is 0 Å². The highest BCUT2D eigenvalue weighted by atomic mass is 16.6. The van der Waals surface area contributed by atoms with Gasteiger partial charge in [-0.3, -0.25) is 4.57 Å². The van der Waals surface area contributed by atoms with E-state index in [1.54, 1.807) is 48.5 Å². The van der Waals surface area contributed by atoms with Crippen LogP contribution >= 0.6 is 0 Å². The molecule has 0 spiro atoms. The minimum Gasteiger partial charge on any atom is -0.490 e. The first-order chi connectivity index (χ1) is 11.2. The van der Waals surface area contributed by atoms with Crippen LogP contribution in [0, 0.1) is 0 Å². The number of hydrogen-bond donors (Lipinski definition) is 0. The maximum Gasteiger partial charge on any atom is 0.420 e. The van der Waals surface area contributed by atoms with Gasteiger partial charge >= 0.3 is 11.7 Å². The molecule has 0 N–H and O–H groups in total. The first-order valence-corrected chi connectivity index (χ1v) is 7.20. The number of esters is 1. The Balaban J connectivity index is 1.82. The van der Waals surface area contributed by atoms with Gasteiger partial charge in [0.15, 0.2) is 17.1 Å². The summed E-state index contributed by atoms with van der Waals surface area (Å²) in [5, 5.41) is 0. The predicted octanol–water partition coefficient (Wildman–Crippen LogP) is 2.60. The molecule has 0 aliphatic carbocycles. The number of ether oxygens (including phenoxy) is 2. The summed E-state index contributed by atoms with van der Waals surface area (Å²) in [6.45, 7) is 2.06. The Morgan fingerprint density at radius 2 is 1.78 bits per heavy atom. The molecular formula is C17H15NO5. The van der Waals surface area contributed by atoms with Gasteiger partial charge in [-0.05, 0) is 31.2 Å². The van der Waals surface area contributed by atoms with E-state index in [4.69, 9.17) is 13.9 Å². The molecule has 23 heavy (non-hydrogen) atoms. The molecule has 1 heterocycles. The Bertz CT molecular complexity index is 893. The number of fused-ring (bicyclic) bond motifs is 1.